The number of nitrogens with one attached hydrogen (secondary N) is 1. The maximum atomic E-state index is 13.4. The molecule has 0 saturated carbocycles. The summed E-state index contributed by atoms with van der Waals surface area (Å²) >= 11 is 8.38. The Hall–Kier alpha value is -2.32. The second-order valence-corrected chi connectivity index (χ2v) is 5.91. The van der Waals surface area contributed by atoms with Crippen molar-refractivity contribution in [3.63, 3.8) is 0 Å². The van der Waals surface area contributed by atoms with Gasteiger partial charge in [-0.05, 0) is 70.6 Å². The molecule has 1 aromatic heterocycles. The minimum atomic E-state index is -1.00. The summed E-state index contributed by atoms with van der Waals surface area (Å²) in [7, 11) is 0. The number of aromatic nitrogens is 3. The molecule has 0 unspecified atom stereocenters. The third kappa shape index (κ3) is 2.95. The Kier molecular flexibility index (Phi) is 4.10. The number of aromatic amines is 1. The fourth-order valence-corrected chi connectivity index (χ4v) is 2.73. The van der Waals surface area contributed by atoms with Crippen molar-refractivity contribution in [2.24, 2.45) is 0 Å². The molecule has 0 aliphatic rings. The number of hydrogen-bond donors (Lipinski definition) is 2. The highest BCUT2D eigenvalue weighted by molar-refractivity contribution is 9.10. The van der Waals surface area contributed by atoms with Crippen molar-refractivity contribution in [3.8, 4) is 17.1 Å². The maximum Gasteiger partial charge on any atom is 0.335 e. The van der Waals surface area contributed by atoms with Crippen molar-refractivity contribution in [1.29, 1.82) is 0 Å². The molecule has 0 aliphatic carbocycles. The summed E-state index contributed by atoms with van der Waals surface area (Å²) < 4.78 is 15.7. The van der Waals surface area contributed by atoms with Gasteiger partial charge in [0.25, 0.3) is 0 Å². The highest BCUT2D eigenvalue weighted by Crippen LogP contribution is 2.26. The van der Waals surface area contributed by atoms with Gasteiger partial charge in [0.2, 0.25) is 0 Å². The smallest absolute Gasteiger partial charge is 0.335 e. The van der Waals surface area contributed by atoms with Crippen molar-refractivity contribution >= 4 is 34.1 Å². The average Bonchev–Trinajstić information content (AvgIpc) is 2.92. The fourth-order valence-electron chi connectivity index (χ4n) is 2.12. The molecule has 2 aromatic carbocycles. The Morgan fingerprint density at radius 1 is 1.26 bits per heavy atom. The van der Waals surface area contributed by atoms with Gasteiger partial charge in [0, 0.05) is 5.56 Å². The summed E-state index contributed by atoms with van der Waals surface area (Å²) in [6.45, 7) is 0. The Morgan fingerprint density at radius 3 is 2.57 bits per heavy atom. The molecule has 2 N–H and O–H groups in total. The number of rotatable bonds is 3. The first kappa shape index (κ1) is 15.6. The SMILES string of the molecule is O=C(O)c1ccc(-n2c(-c3ccc(F)c(Br)c3)n[nH]c2=S)cc1. The van der Waals surface area contributed by atoms with Crippen LogP contribution in [0.3, 0.4) is 0 Å². The van der Waals surface area contributed by atoms with E-state index in [1.807, 2.05) is 0 Å². The molecule has 5 nitrogen and oxygen atoms in total. The lowest BCUT2D eigenvalue weighted by Gasteiger charge is -2.08. The summed E-state index contributed by atoms with van der Waals surface area (Å²) in [5.74, 6) is -0.881. The van der Waals surface area contributed by atoms with E-state index in [1.54, 1.807) is 28.8 Å². The number of hydrogen-bond acceptors (Lipinski definition) is 3. The van der Waals surface area contributed by atoms with Crippen molar-refractivity contribution < 1.29 is 14.3 Å². The van der Waals surface area contributed by atoms with Gasteiger partial charge < -0.3 is 5.11 Å². The number of benzene rings is 2. The number of H-pyrrole nitrogens is 1. The Labute approximate surface area is 143 Å². The summed E-state index contributed by atoms with van der Waals surface area (Å²) in [5, 5.41) is 15.8. The van der Waals surface area contributed by atoms with E-state index < -0.39 is 5.97 Å². The van der Waals surface area contributed by atoms with Gasteiger partial charge in [0.05, 0.1) is 15.7 Å². The molecule has 0 saturated heterocycles. The summed E-state index contributed by atoms with van der Waals surface area (Å²) in [5.41, 5.74) is 1.49. The summed E-state index contributed by atoms with van der Waals surface area (Å²) in [4.78, 5) is 10.9. The number of carboxylic acid groups (broad SMARTS) is 1. The van der Waals surface area contributed by atoms with E-state index in [-0.39, 0.29) is 11.4 Å². The van der Waals surface area contributed by atoms with Crippen LogP contribution in [0.5, 0.6) is 0 Å². The highest BCUT2D eigenvalue weighted by Gasteiger charge is 2.13. The minimum absolute atomic E-state index is 0.176. The fraction of sp³-hybridized carbons (Fsp3) is 0. The van der Waals surface area contributed by atoms with E-state index in [4.69, 9.17) is 17.3 Å². The molecule has 0 amide bonds. The number of halogens is 2. The number of carboxylic acids is 1. The average molecular weight is 394 g/mol. The number of aromatic carboxylic acids is 1. The molecule has 0 atom stereocenters. The highest BCUT2D eigenvalue weighted by atomic mass is 79.9. The van der Waals surface area contributed by atoms with Crippen LogP contribution in [-0.4, -0.2) is 25.8 Å². The van der Waals surface area contributed by atoms with Gasteiger partial charge >= 0.3 is 5.97 Å². The van der Waals surface area contributed by atoms with Gasteiger partial charge in [0.1, 0.15) is 5.82 Å². The van der Waals surface area contributed by atoms with E-state index in [0.717, 1.165) is 0 Å². The van der Waals surface area contributed by atoms with E-state index in [2.05, 4.69) is 26.1 Å². The molecule has 0 radical (unpaired) electrons. The van der Waals surface area contributed by atoms with E-state index in [0.29, 0.717) is 26.3 Å². The Balaban J connectivity index is 2.13. The van der Waals surface area contributed by atoms with Gasteiger partial charge in [-0.25, -0.2) is 9.18 Å². The lowest BCUT2D eigenvalue weighted by molar-refractivity contribution is 0.0697. The van der Waals surface area contributed by atoms with Crippen molar-refractivity contribution in [2.75, 3.05) is 0 Å². The molecule has 8 heteroatoms. The number of nitrogens with zero attached hydrogens (tertiary/aromatic N) is 2. The zero-order chi connectivity index (χ0) is 16.6. The second kappa shape index (κ2) is 6.05. The predicted molar refractivity (Wildman–Crippen MR) is 88.8 cm³/mol. The van der Waals surface area contributed by atoms with Crippen LogP contribution < -0.4 is 0 Å². The van der Waals surface area contributed by atoms with Crippen LogP contribution in [0.1, 0.15) is 10.4 Å². The first-order chi connectivity index (χ1) is 11.0. The van der Waals surface area contributed by atoms with Crippen LogP contribution in [0.4, 0.5) is 4.39 Å². The largest absolute Gasteiger partial charge is 0.478 e. The van der Waals surface area contributed by atoms with Crippen molar-refractivity contribution in [2.45, 2.75) is 0 Å². The molecule has 116 valence electrons. The Morgan fingerprint density at radius 2 is 1.96 bits per heavy atom. The van der Waals surface area contributed by atoms with Crippen molar-refractivity contribution in [1.82, 2.24) is 14.8 Å². The predicted octanol–water partition coefficient (Wildman–Crippen LogP) is 4.20. The minimum Gasteiger partial charge on any atom is -0.478 e. The third-order valence-corrected chi connectivity index (χ3v) is 4.10. The summed E-state index contributed by atoms with van der Waals surface area (Å²) in [6, 6.07) is 10.8. The monoisotopic (exact) mass is 393 g/mol. The van der Waals surface area contributed by atoms with Gasteiger partial charge in [-0.3, -0.25) is 9.67 Å². The second-order valence-electron chi connectivity index (χ2n) is 4.67. The van der Waals surface area contributed by atoms with Crippen LogP contribution in [-0.2, 0) is 0 Å². The molecular weight excluding hydrogens is 385 g/mol. The first-order valence-corrected chi connectivity index (χ1v) is 7.64. The van der Waals surface area contributed by atoms with Crippen LogP contribution in [0.25, 0.3) is 17.1 Å². The maximum absolute atomic E-state index is 13.4. The van der Waals surface area contributed by atoms with Gasteiger partial charge in [-0.2, -0.15) is 5.10 Å². The normalized spacial score (nSPS) is 10.7. The zero-order valence-corrected chi connectivity index (χ0v) is 13.9. The van der Waals surface area contributed by atoms with Gasteiger partial charge in [-0.15, -0.1) is 0 Å². The molecule has 0 spiro atoms. The first-order valence-electron chi connectivity index (χ1n) is 6.44. The molecule has 0 fully saturated rings. The van der Waals surface area contributed by atoms with Crippen LogP contribution >= 0.6 is 28.1 Å². The van der Waals surface area contributed by atoms with Crippen molar-refractivity contribution in [3.05, 3.63) is 63.1 Å². The molecule has 1 heterocycles. The summed E-state index contributed by atoms with van der Waals surface area (Å²) in [6.07, 6.45) is 0. The molecule has 3 aromatic rings. The van der Waals surface area contributed by atoms with Crippen LogP contribution in [0, 0.1) is 10.6 Å². The van der Waals surface area contributed by atoms with Gasteiger partial charge in [0.15, 0.2) is 10.6 Å². The third-order valence-electron chi connectivity index (χ3n) is 3.22. The molecular formula is C15H9BrFN3O2S. The van der Waals surface area contributed by atoms with E-state index in [1.165, 1.54) is 18.2 Å². The lowest BCUT2D eigenvalue weighted by Crippen LogP contribution is -2.00. The van der Waals surface area contributed by atoms with Crippen LogP contribution in [0.15, 0.2) is 46.9 Å². The quantitative estimate of drug-likeness (QED) is 0.654. The van der Waals surface area contributed by atoms with E-state index in [9.17, 15) is 9.18 Å². The zero-order valence-electron chi connectivity index (χ0n) is 11.5. The topological polar surface area (TPSA) is 70.9 Å². The van der Waals surface area contributed by atoms with E-state index >= 15 is 0 Å². The molecule has 0 bridgehead atoms. The molecule has 0 aliphatic heterocycles. The lowest BCUT2D eigenvalue weighted by atomic mass is 10.2. The van der Waals surface area contributed by atoms with Crippen LogP contribution in [0.2, 0.25) is 0 Å². The standard InChI is InChI=1S/C15H9BrFN3O2S/c16-11-7-9(3-6-12(11)17)13-18-19-15(23)20(13)10-4-1-8(2-5-10)14(21)22/h1-7H,(H,19,23)(H,21,22). The molecule has 3 rings (SSSR count). The van der Waals surface area contributed by atoms with Gasteiger partial charge in [-0.1, -0.05) is 0 Å². The Bertz CT molecular complexity index is 950. The molecule has 23 heavy (non-hydrogen) atoms. The number of carbonyl (C=O) groups is 1.